The molecule has 0 aromatic carbocycles. The van der Waals surface area contributed by atoms with Gasteiger partial charge in [-0.25, -0.2) is 0 Å². The Hall–Kier alpha value is -1.97. The lowest BCUT2D eigenvalue weighted by molar-refractivity contribution is 0.0378. The first-order valence-corrected chi connectivity index (χ1v) is 9.38. The monoisotopic (exact) mass is 361 g/mol. The number of aryl methyl sites for hydroxylation is 1. The van der Waals surface area contributed by atoms with Crippen LogP contribution >= 0.6 is 0 Å². The minimum atomic E-state index is 0.671. The zero-order valence-corrected chi connectivity index (χ0v) is 15.4. The molecule has 2 aromatic heterocycles. The van der Waals surface area contributed by atoms with Crippen molar-refractivity contribution in [2.45, 2.75) is 6.42 Å². The molecule has 0 radical (unpaired) electrons. The molecule has 2 aliphatic rings. The van der Waals surface area contributed by atoms with E-state index in [2.05, 4.69) is 25.2 Å². The summed E-state index contributed by atoms with van der Waals surface area (Å²) in [5.74, 6) is 1.62. The first-order valence-electron chi connectivity index (χ1n) is 9.38. The fraction of sp³-hybridized carbons (Fsp3) is 0.706. The van der Waals surface area contributed by atoms with Crippen molar-refractivity contribution in [3.05, 3.63) is 6.20 Å². The second-order valence-electron chi connectivity index (χ2n) is 6.71. The normalized spacial score (nSPS) is 19.2. The zero-order chi connectivity index (χ0) is 17.8. The SMILES string of the molecule is Cn1ncc2c(N3CCOCC3)nc(NCCCN3CCOCC3)nc21. The van der Waals surface area contributed by atoms with Crippen LogP contribution in [0, 0.1) is 0 Å². The highest BCUT2D eigenvalue weighted by Crippen LogP contribution is 2.25. The van der Waals surface area contributed by atoms with Crippen LogP contribution in [0.3, 0.4) is 0 Å². The molecule has 2 aromatic rings. The van der Waals surface area contributed by atoms with Crippen LogP contribution in [-0.4, -0.2) is 90.3 Å². The van der Waals surface area contributed by atoms with Crippen molar-refractivity contribution < 1.29 is 9.47 Å². The van der Waals surface area contributed by atoms with Gasteiger partial charge >= 0.3 is 0 Å². The molecule has 2 aliphatic heterocycles. The van der Waals surface area contributed by atoms with Gasteiger partial charge in [0.2, 0.25) is 5.95 Å². The number of hydrogen-bond acceptors (Lipinski definition) is 8. The van der Waals surface area contributed by atoms with E-state index >= 15 is 0 Å². The molecule has 0 spiro atoms. The molecule has 0 amide bonds. The van der Waals surface area contributed by atoms with Gasteiger partial charge in [-0.3, -0.25) is 9.58 Å². The summed E-state index contributed by atoms with van der Waals surface area (Å²) >= 11 is 0. The molecule has 2 fully saturated rings. The van der Waals surface area contributed by atoms with Gasteiger partial charge < -0.3 is 19.7 Å². The van der Waals surface area contributed by atoms with Gasteiger partial charge in [0, 0.05) is 39.8 Å². The van der Waals surface area contributed by atoms with Crippen molar-refractivity contribution >= 4 is 22.8 Å². The van der Waals surface area contributed by atoms with Crippen molar-refractivity contribution in [1.29, 1.82) is 0 Å². The van der Waals surface area contributed by atoms with Gasteiger partial charge in [-0.05, 0) is 13.0 Å². The fourth-order valence-corrected chi connectivity index (χ4v) is 3.43. The highest BCUT2D eigenvalue weighted by Gasteiger charge is 2.19. The van der Waals surface area contributed by atoms with Crippen LogP contribution < -0.4 is 10.2 Å². The quantitative estimate of drug-likeness (QED) is 0.738. The van der Waals surface area contributed by atoms with Crippen molar-refractivity contribution in [2.24, 2.45) is 7.05 Å². The van der Waals surface area contributed by atoms with Crippen molar-refractivity contribution in [1.82, 2.24) is 24.6 Å². The summed E-state index contributed by atoms with van der Waals surface area (Å²) in [7, 11) is 1.92. The molecule has 4 rings (SSSR count). The topological polar surface area (TPSA) is 80.6 Å². The molecule has 4 heterocycles. The third-order valence-corrected chi connectivity index (χ3v) is 4.92. The Morgan fingerprint density at radius 1 is 1.04 bits per heavy atom. The van der Waals surface area contributed by atoms with Gasteiger partial charge in [-0.1, -0.05) is 0 Å². The summed E-state index contributed by atoms with van der Waals surface area (Å²) in [6.07, 6.45) is 2.90. The average Bonchev–Trinajstić information content (AvgIpc) is 3.07. The van der Waals surface area contributed by atoms with Gasteiger partial charge in [-0.2, -0.15) is 15.1 Å². The van der Waals surface area contributed by atoms with Crippen LogP contribution in [0.25, 0.3) is 11.0 Å². The number of morpholine rings is 2. The van der Waals surface area contributed by atoms with Crippen LogP contribution in [0.2, 0.25) is 0 Å². The summed E-state index contributed by atoms with van der Waals surface area (Å²) < 4.78 is 12.7. The Balaban J connectivity index is 1.43. The summed E-state index contributed by atoms with van der Waals surface area (Å²) in [5.41, 5.74) is 0.858. The predicted molar refractivity (Wildman–Crippen MR) is 99.7 cm³/mol. The Labute approximate surface area is 153 Å². The number of rotatable bonds is 6. The second-order valence-corrected chi connectivity index (χ2v) is 6.71. The highest BCUT2D eigenvalue weighted by atomic mass is 16.5. The number of ether oxygens (including phenoxy) is 2. The molecule has 2 saturated heterocycles. The van der Waals surface area contributed by atoms with E-state index in [0.717, 1.165) is 89.0 Å². The number of fused-ring (bicyclic) bond motifs is 1. The molecule has 0 atom stereocenters. The maximum atomic E-state index is 5.47. The number of aromatic nitrogens is 4. The van der Waals surface area contributed by atoms with Crippen molar-refractivity contribution in [2.75, 3.05) is 75.9 Å². The maximum Gasteiger partial charge on any atom is 0.226 e. The minimum absolute atomic E-state index is 0.671. The van der Waals surface area contributed by atoms with Crippen molar-refractivity contribution in [3.8, 4) is 0 Å². The Morgan fingerprint density at radius 2 is 1.77 bits per heavy atom. The van der Waals surface area contributed by atoms with E-state index in [0.29, 0.717) is 5.95 Å². The van der Waals surface area contributed by atoms with Gasteiger partial charge in [0.25, 0.3) is 0 Å². The van der Waals surface area contributed by atoms with Crippen LogP contribution in [0.5, 0.6) is 0 Å². The van der Waals surface area contributed by atoms with Crippen LogP contribution in [-0.2, 0) is 16.5 Å². The lowest BCUT2D eigenvalue weighted by atomic mass is 10.3. The third-order valence-electron chi connectivity index (χ3n) is 4.92. The Kier molecular flexibility index (Phi) is 5.47. The van der Waals surface area contributed by atoms with E-state index in [1.807, 2.05) is 13.2 Å². The molecule has 1 N–H and O–H groups in total. The van der Waals surface area contributed by atoms with Gasteiger partial charge in [0.15, 0.2) is 5.65 Å². The number of hydrogen-bond donors (Lipinski definition) is 1. The minimum Gasteiger partial charge on any atom is -0.379 e. The number of anilines is 2. The largest absolute Gasteiger partial charge is 0.379 e. The molecule has 0 saturated carbocycles. The van der Waals surface area contributed by atoms with Gasteiger partial charge in [0.1, 0.15) is 5.82 Å². The second kappa shape index (κ2) is 8.15. The zero-order valence-electron chi connectivity index (χ0n) is 15.4. The highest BCUT2D eigenvalue weighted by molar-refractivity contribution is 5.88. The lowest BCUT2D eigenvalue weighted by Crippen LogP contribution is -2.37. The predicted octanol–water partition coefficient (Wildman–Crippen LogP) is 0.334. The van der Waals surface area contributed by atoms with Crippen LogP contribution in [0.15, 0.2) is 6.20 Å². The smallest absolute Gasteiger partial charge is 0.226 e. The van der Waals surface area contributed by atoms with Gasteiger partial charge in [-0.15, -0.1) is 0 Å². The summed E-state index contributed by atoms with van der Waals surface area (Å²) in [5, 5.41) is 8.75. The maximum absolute atomic E-state index is 5.47. The molecule has 0 aliphatic carbocycles. The average molecular weight is 361 g/mol. The van der Waals surface area contributed by atoms with E-state index in [1.54, 1.807) is 4.68 Å². The van der Waals surface area contributed by atoms with E-state index in [9.17, 15) is 0 Å². The molecule has 26 heavy (non-hydrogen) atoms. The van der Waals surface area contributed by atoms with Crippen molar-refractivity contribution in [3.63, 3.8) is 0 Å². The summed E-state index contributed by atoms with van der Waals surface area (Å²) in [6.45, 7) is 8.81. The summed E-state index contributed by atoms with van der Waals surface area (Å²) in [6, 6.07) is 0. The Bertz CT molecular complexity index is 723. The molecular weight excluding hydrogens is 334 g/mol. The lowest BCUT2D eigenvalue weighted by Gasteiger charge is -2.28. The molecule has 9 heteroatoms. The first kappa shape index (κ1) is 17.4. The third kappa shape index (κ3) is 3.89. The molecule has 0 unspecified atom stereocenters. The van der Waals surface area contributed by atoms with E-state index in [4.69, 9.17) is 14.5 Å². The molecule has 0 bridgehead atoms. The fourth-order valence-electron chi connectivity index (χ4n) is 3.43. The standard InChI is InChI=1S/C17H27N7O2/c1-22-15-14(13-19-22)16(24-7-11-26-12-8-24)21-17(20-15)18-3-2-4-23-5-9-25-10-6-23/h13H,2-12H2,1H3,(H,18,20,21). The van der Waals surface area contributed by atoms with Crippen LogP contribution in [0.4, 0.5) is 11.8 Å². The van der Waals surface area contributed by atoms with E-state index in [1.165, 1.54) is 0 Å². The Morgan fingerprint density at radius 3 is 2.54 bits per heavy atom. The van der Waals surface area contributed by atoms with Gasteiger partial charge in [0.05, 0.1) is 38.0 Å². The summed E-state index contributed by atoms with van der Waals surface area (Å²) in [4.78, 5) is 14.1. The van der Waals surface area contributed by atoms with Crippen LogP contribution in [0.1, 0.15) is 6.42 Å². The molecule has 142 valence electrons. The van der Waals surface area contributed by atoms with E-state index < -0.39 is 0 Å². The van der Waals surface area contributed by atoms with E-state index in [-0.39, 0.29) is 0 Å². The first-order chi connectivity index (χ1) is 12.8. The molecule has 9 nitrogen and oxygen atoms in total. The number of nitrogens with zero attached hydrogens (tertiary/aromatic N) is 6. The number of nitrogens with one attached hydrogen (secondary N) is 1. The molecular formula is C17H27N7O2.